The van der Waals surface area contributed by atoms with Crippen molar-refractivity contribution in [1.29, 1.82) is 0 Å². The maximum absolute atomic E-state index is 13.0. The standard InChI is InChI=1S/C22H13ClN2O4S/c23-15-6-8-16(9-7-15)25-21(28)17(20(27)24-22(25)30)10-14-11-29-12-18(19(14)26)13-4-2-1-3-5-13/h1-12H,(H,24,27,30)/b17-10-. The van der Waals surface area contributed by atoms with Crippen molar-refractivity contribution >= 4 is 52.5 Å². The van der Waals surface area contributed by atoms with Gasteiger partial charge in [-0.25, -0.2) is 0 Å². The number of rotatable bonds is 3. The first-order chi connectivity index (χ1) is 14.5. The highest BCUT2D eigenvalue weighted by atomic mass is 35.5. The van der Waals surface area contributed by atoms with E-state index >= 15 is 0 Å². The van der Waals surface area contributed by atoms with Gasteiger partial charge < -0.3 is 4.42 Å². The summed E-state index contributed by atoms with van der Waals surface area (Å²) >= 11 is 11.1. The minimum atomic E-state index is -0.695. The molecule has 2 aromatic carbocycles. The molecule has 0 aliphatic carbocycles. The number of hydrogen-bond acceptors (Lipinski definition) is 5. The Morgan fingerprint density at radius 1 is 0.967 bits per heavy atom. The van der Waals surface area contributed by atoms with Crippen LogP contribution < -0.4 is 15.6 Å². The molecule has 1 aliphatic heterocycles. The summed E-state index contributed by atoms with van der Waals surface area (Å²) in [5.74, 6) is -1.35. The van der Waals surface area contributed by atoms with E-state index < -0.39 is 11.8 Å². The lowest BCUT2D eigenvalue weighted by atomic mass is 10.0. The lowest BCUT2D eigenvalue weighted by Crippen LogP contribution is -2.54. The topological polar surface area (TPSA) is 79.6 Å². The van der Waals surface area contributed by atoms with Gasteiger partial charge in [0.1, 0.15) is 18.1 Å². The largest absolute Gasteiger partial charge is 0.471 e. The summed E-state index contributed by atoms with van der Waals surface area (Å²) in [6, 6.07) is 15.4. The lowest BCUT2D eigenvalue weighted by Gasteiger charge is -2.28. The van der Waals surface area contributed by atoms with Crippen LogP contribution in [-0.4, -0.2) is 16.9 Å². The number of nitrogens with one attached hydrogen (secondary N) is 1. The van der Waals surface area contributed by atoms with Crippen LogP contribution in [0.4, 0.5) is 5.69 Å². The fourth-order valence-corrected chi connectivity index (χ4v) is 3.40. The third-order valence-corrected chi connectivity index (χ3v) is 5.00. The molecule has 148 valence electrons. The van der Waals surface area contributed by atoms with Gasteiger partial charge in [-0.3, -0.25) is 24.6 Å². The van der Waals surface area contributed by atoms with Crippen LogP contribution in [-0.2, 0) is 9.59 Å². The van der Waals surface area contributed by atoms with E-state index in [0.717, 1.165) is 0 Å². The normalized spacial score (nSPS) is 15.4. The predicted molar refractivity (Wildman–Crippen MR) is 118 cm³/mol. The summed E-state index contributed by atoms with van der Waals surface area (Å²) in [4.78, 5) is 39.6. The van der Waals surface area contributed by atoms with Crippen LogP contribution >= 0.6 is 23.8 Å². The third-order valence-electron chi connectivity index (χ3n) is 4.46. The first kappa shape index (κ1) is 19.8. The smallest absolute Gasteiger partial charge is 0.270 e. The molecule has 1 saturated heterocycles. The van der Waals surface area contributed by atoms with Gasteiger partial charge in [-0.2, -0.15) is 0 Å². The van der Waals surface area contributed by atoms with Gasteiger partial charge in [0.15, 0.2) is 10.5 Å². The van der Waals surface area contributed by atoms with Crippen LogP contribution in [0.5, 0.6) is 0 Å². The van der Waals surface area contributed by atoms with Crippen LogP contribution in [0.1, 0.15) is 5.56 Å². The van der Waals surface area contributed by atoms with E-state index in [1.807, 2.05) is 6.07 Å². The summed E-state index contributed by atoms with van der Waals surface area (Å²) in [5.41, 5.74) is 0.875. The number of amides is 2. The zero-order chi connectivity index (χ0) is 21.3. The zero-order valence-electron chi connectivity index (χ0n) is 15.3. The fourth-order valence-electron chi connectivity index (χ4n) is 2.99. The first-order valence-corrected chi connectivity index (χ1v) is 9.57. The second-order valence-electron chi connectivity index (χ2n) is 6.37. The number of carbonyl (C=O) groups excluding carboxylic acids is 2. The monoisotopic (exact) mass is 436 g/mol. The SMILES string of the molecule is O=C1NC(=S)N(c2ccc(Cl)cc2)C(=O)/C1=C\c1cocc(-c2ccccc2)c1=O. The molecule has 1 aromatic heterocycles. The van der Waals surface area contributed by atoms with Crippen molar-refractivity contribution in [3.63, 3.8) is 0 Å². The Labute approximate surface area is 181 Å². The van der Waals surface area contributed by atoms with E-state index in [9.17, 15) is 14.4 Å². The number of carbonyl (C=O) groups is 2. The molecule has 0 spiro atoms. The van der Waals surface area contributed by atoms with Crippen molar-refractivity contribution in [3.8, 4) is 11.1 Å². The Morgan fingerprint density at radius 3 is 2.37 bits per heavy atom. The van der Waals surface area contributed by atoms with Crippen LogP contribution in [0.3, 0.4) is 0 Å². The Kier molecular flexibility index (Phi) is 5.31. The molecule has 1 N–H and O–H groups in total. The minimum Gasteiger partial charge on any atom is -0.471 e. The van der Waals surface area contributed by atoms with E-state index in [0.29, 0.717) is 21.8 Å². The van der Waals surface area contributed by atoms with Gasteiger partial charge in [-0.05, 0) is 48.1 Å². The Morgan fingerprint density at radius 2 is 1.67 bits per heavy atom. The summed E-state index contributed by atoms with van der Waals surface area (Å²) in [6.45, 7) is 0. The molecule has 0 bridgehead atoms. The molecule has 2 amide bonds. The highest BCUT2D eigenvalue weighted by Gasteiger charge is 2.34. The van der Waals surface area contributed by atoms with Crippen LogP contribution in [0.2, 0.25) is 5.02 Å². The highest BCUT2D eigenvalue weighted by Crippen LogP contribution is 2.24. The van der Waals surface area contributed by atoms with E-state index in [4.69, 9.17) is 28.2 Å². The second kappa shape index (κ2) is 8.06. The van der Waals surface area contributed by atoms with Crippen molar-refractivity contribution in [2.75, 3.05) is 4.90 Å². The van der Waals surface area contributed by atoms with Gasteiger partial charge in [0.2, 0.25) is 0 Å². The third kappa shape index (κ3) is 3.68. The fraction of sp³-hybridized carbons (Fsp3) is 0. The first-order valence-electron chi connectivity index (χ1n) is 8.78. The number of nitrogens with zero attached hydrogens (tertiary/aromatic N) is 1. The van der Waals surface area contributed by atoms with E-state index in [-0.39, 0.29) is 21.7 Å². The average Bonchev–Trinajstić information content (AvgIpc) is 2.74. The molecule has 30 heavy (non-hydrogen) atoms. The molecule has 3 aromatic rings. The van der Waals surface area contributed by atoms with Crippen LogP contribution in [0.15, 0.2) is 81.9 Å². The number of thiocarbonyl (C=S) groups is 1. The molecule has 0 unspecified atom stereocenters. The number of anilines is 1. The highest BCUT2D eigenvalue weighted by molar-refractivity contribution is 7.80. The Balaban J connectivity index is 1.77. The van der Waals surface area contributed by atoms with Gasteiger partial charge in [0.05, 0.1) is 16.8 Å². The summed E-state index contributed by atoms with van der Waals surface area (Å²) in [7, 11) is 0. The lowest BCUT2D eigenvalue weighted by molar-refractivity contribution is -0.122. The van der Waals surface area contributed by atoms with E-state index in [2.05, 4.69) is 5.32 Å². The predicted octanol–water partition coefficient (Wildman–Crippen LogP) is 3.79. The number of halogens is 1. The molecule has 1 fully saturated rings. The van der Waals surface area contributed by atoms with Crippen LogP contribution in [0.25, 0.3) is 17.2 Å². The average molecular weight is 437 g/mol. The van der Waals surface area contributed by atoms with Gasteiger partial charge in [-0.1, -0.05) is 41.9 Å². The molecular formula is C22H13ClN2O4S. The molecule has 8 heteroatoms. The number of hydrogen-bond donors (Lipinski definition) is 1. The summed E-state index contributed by atoms with van der Waals surface area (Å²) in [6.07, 6.45) is 3.74. The molecular weight excluding hydrogens is 424 g/mol. The molecule has 4 rings (SSSR count). The Hall–Kier alpha value is -3.55. The van der Waals surface area contributed by atoms with Crippen molar-refractivity contribution < 1.29 is 14.0 Å². The molecule has 0 radical (unpaired) electrons. The maximum Gasteiger partial charge on any atom is 0.270 e. The molecule has 6 nitrogen and oxygen atoms in total. The zero-order valence-corrected chi connectivity index (χ0v) is 16.9. The van der Waals surface area contributed by atoms with E-state index in [1.165, 1.54) is 23.5 Å². The Bertz CT molecular complexity index is 1250. The van der Waals surface area contributed by atoms with Crippen molar-refractivity contribution in [1.82, 2.24) is 5.32 Å². The van der Waals surface area contributed by atoms with E-state index in [1.54, 1.807) is 48.5 Å². The van der Waals surface area contributed by atoms with Crippen molar-refractivity contribution in [3.05, 3.63) is 93.5 Å². The minimum absolute atomic E-state index is 0.0606. The van der Waals surface area contributed by atoms with Gasteiger partial charge in [0, 0.05) is 5.02 Å². The van der Waals surface area contributed by atoms with Crippen molar-refractivity contribution in [2.24, 2.45) is 0 Å². The van der Waals surface area contributed by atoms with Gasteiger partial charge in [-0.15, -0.1) is 0 Å². The van der Waals surface area contributed by atoms with Crippen LogP contribution in [0, 0.1) is 0 Å². The van der Waals surface area contributed by atoms with Gasteiger partial charge in [0.25, 0.3) is 11.8 Å². The molecule has 1 aliphatic rings. The second-order valence-corrected chi connectivity index (χ2v) is 7.19. The summed E-state index contributed by atoms with van der Waals surface area (Å²) < 4.78 is 5.29. The van der Waals surface area contributed by atoms with Gasteiger partial charge >= 0.3 is 0 Å². The molecule has 0 saturated carbocycles. The number of benzene rings is 2. The molecule has 0 atom stereocenters. The molecule has 2 heterocycles. The maximum atomic E-state index is 13.0. The summed E-state index contributed by atoms with van der Waals surface area (Å²) in [5, 5.41) is 2.90. The quantitative estimate of drug-likeness (QED) is 0.384. The van der Waals surface area contributed by atoms with Crippen molar-refractivity contribution in [2.45, 2.75) is 0 Å².